The van der Waals surface area contributed by atoms with Crippen molar-refractivity contribution in [3.63, 3.8) is 0 Å². The average molecular weight is 567 g/mol. The fourth-order valence-corrected chi connectivity index (χ4v) is 6.00. The van der Waals surface area contributed by atoms with Crippen molar-refractivity contribution in [1.82, 2.24) is 0 Å². The fourth-order valence-electron chi connectivity index (χ4n) is 6.00. The Morgan fingerprint density at radius 3 is 2.12 bits per heavy atom. The van der Waals surface area contributed by atoms with Gasteiger partial charge in [0.05, 0.1) is 18.6 Å². The van der Waals surface area contributed by atoms with E-state index in [4.69, 9.17) is 18.9 Å². The van der Waals surface area contributed by atoms with Gasteiger partial charge in [0.25, 0.3) is 0 Å². The number of unbranched alkanes of at least 4 members (excludes halogenated alkanes) is 4. The number of esters is 1. The van der Waals surface area contributed by atoms with Gasteiger partial charge in [-0.3, -0.25) is 4.79 Å². The van der Waals surface area contributed by atoms with Crippen molar-refractivity contribution in [3.8, 4) is 0 Å². The van der Waals surface area contributed by atoms with Crippen LogP contribution in [0.15, 0.2) is 72.4 Å². The lowest BCUT2D eigenvalue weighted by atomic mass is 9.68. The molecule has 5 nitrogen and oxygen atoms in total. The zero-order chi connectivity index (χ0) is 29.6. The van der Waals surface area contributed by atoms with Gasteiger partial charge < -0.3 is 18.9 Å². The van der Waals surface area contributed by atoms with Gasteiger partial charge in [-0.1, -0.05) is 92.2 Å². The van der Waals surface area contributed by atoms with E-state index in [1.54, 1.807) is 7.11 Å². The van der Waals surface area contributed by atoms with Crippen LogP contribution in [0.1, 0.15) is 98.3 Å². The second-order valence-corrected chi connectivity index (χ2v) is 12.1. The van der Waals surface area contributed by atoms with Gasteiger partial charge in [0.15, 0.2) is 0 Å². The maximum Gasteiger partial charge on any atom is 0.306 e. The molecule has 0 amide bonds. The monoisotopic (exact) mass is 566 g/mol. The number of ether oxygens (including phenoxy) is 4. The summed E-state index contributed by atoms with van der Waals surface area (Å²) in [5.41, 5.74) is 0.780. The van der Waals surface area contributed by atoms with E-state index in [9.17, 15) is 4.79 Å². The Labute approximate surface area is 249 Å². The Bertz CT molecular complexity index is 978. The van der Waals surface area contributed by atoms with Crippen LogP contribution in [-0.2, 0) is 23.7 Å². The number of rotatable bonds is 18. The Morgan fingerprint density at radius 2 is 1.54 bits per heavy atom. The van der Waals surface area contributed by atoms with Crippen molar-refractivity contribution < 1.29 is 23.7 Å². The van der Waals surface area contributed by atoms with Crippen molar-refractivity contribution in [2.24, 2.45) is 5.92 Å². The van der Waals surface area contributed by atoms with Gasteiger partial charge >= 0.3 is 5.97 Å². The molecule has 2 heterocycles. The highest BCUT2D eigenvalue weighted by Gasteiger charge is 2.72. The van der Waals surface area contributed by atoms with Crippen LogP contribution in [0.3, 0.4) is 0 Å². The van der Waals surface area contributed by atoms with Gasteiger partial charge in [0.2, 0.25) is 0 Å². The Balaban J connectivity index is 1.33. The van der Waals surface area contributed by atoms with Crippen molar-refractivity contribution in [1.29, 1.82) is 0 Å². The molecular weight excluding hydrogens is 512 g/mol. The lowest BCUT2D eigenvalue weighted by molar-refractivity contribution is -0.171. The predicted molar refractivity (Wildman–Crippen MR) is 168 cm³/mol. The third kappa shape index (κ3) is 10.5. The standard InChI is InChI=1S/C36H54O5/c1-6-7-8-9-10-11-12-13-14-15-16-17-18-19-20-21-22-23-32(37)40-30-26-27-36(28-39-36)34(33(30)38-5)35(4)31(41-35)25-24-29(2)3/h9-14,17-20,24,30-31,33-34H,6-8,15-16,21-23,25-28H2,1-5H3/t30-,31-,33-,34-,35+,36+/m1/s1. The van der Waals surface area contributed by atoms with Crippen LogP contribution in [-0.4, -0.2) is 49.2 Å². The first kappa shape index (κ1) is 33.3. The van der Waals surface area contributed by atoms with E-state index in [0.717, 1.165) is 58.0 Å². The van der Waals surface area contributed by atoms with Crippen molar-refractivity contribution in [2.75, 3.05) is 13.7 Å². The molecule has 3 aliphatic rings. The van der Waals surface area contributed by atoms with Gasteiger partial charge in [0, 0.05) is 13.5 Å². The van der Waals surface area contributed by atoms with E-state index in [-0.39, 0.29) is 41.4 Å². The molecule has 0 N–H and O–H groups in total. The molecule has 0 aromatic rings. The number of methoxy groups -OCH3 is 1. The van der Waals surface area contributed by atoms with Crippen molar-refractivity contribution >= 4 is 5.97 Å². The second-order valence-electron chi connectivity index (χ2n) is 12.1. The first-order valence-electron chi connectivity index (χ1n) is 15.8. The average Bonchev–Trinajstić information content (AvgIpc) is 3.87. The van der Waals surface area contributed by atoms with E-state index in [2.05, 4.69) is 94.5 Å². The van der Waals surface area contributed by atoms with Crippen molar-refractivity contribution in [3.05, 3.63) is 72.4 Å². The van der Waals surface area contributed by atoms with Crippen LogP contribution in [0.25, 0.3) is 0 Å². The second kappa shape index (κ2) is 17.0. The van der Waals surface area contributed by atoms with Gasteiger partial charge in [-0.05, 0) is 72.1 Å². The molecule has 0 aromatic carbocycles. The molecule has 0 bridgehead atoms. The van der Waals surface area contributed by atoms with Gasteiger partial charge in [-0.2, -0.15) is 0 Å². The summed E-state index contributed by atoms with van der Waals surface area (Å²) >= 11 is 0. The van der Waals surface area contributed by atoms with Gasteiger partial charge in [-0.15, -0.1) is 0 Å². The molecule has 0 aromatic heterocycles. The van der Waals surface area contributed by atoms with E-state index in [1.165, 1.54) is 18.4 Å². The minimum absolute atomic E-state index is 0.0567. The van der Waals surface area contributed by atoms with Crippen molar-refractivity contribution in [2.45, 2.75) is 128 Å². The Hall–Kier alpha value is -2.21. The van der Waals surface area contributed by atoms with Crippen LogP contribution in [0, 0.1) is 5.92 Å². The highest BCUT2D eigenvalue weighted by Crippen LogP contribution is 2.59. The number of epoxide rings is 2. The topological polar surface area (TPSA) is 60.6 Å². The first-order chi connectivity index (χ1) is 19.9. The zero-order valence-corrected chi connectivity index (χ0v) is 26.2. The molecule has 1 spiro atoms. The fraction of sp³-hybridized carbons (Fsp3) is 0.639. The molecule has 2 aliphatic heterocycles. The summed E-state index contributed by atoms with van der Waals surface area (Å²) in [5.74, 6) is -0.0890. The maximum absolute atomic E-state index is 12.7. The molecule has 41 heavy (non-hydrogen) atoms. The molecule has 228 valence electrons. The molecule has 3 fully saturated rings. The van der Waals surface area contributed by atoms with Gasteiger partial charge in [-0.25, -0.2) is 0 Å². The smallest absolute Gasteiger partial charge is 0.306 e. The molecule has 0 unspecified atom stereocenters. The van der Waals surface area contributed by atoms with Crippen LogP contribution in [0.4, 0.5) is 0 Å². The maximum atomic E-state index is 12.7. The normalized spacial score (nSPS) is 31.3. The summed E-state index contributed by atoms with van der Waals surface area (Å²) in [7, 11) is 1.72. The lowest BCUT2D eigenvalue weighted by Crippen LogP contribution is -2.55. The van der Waals surface area contributed by atoms with E-state index < -0.39 is 0 Å². The van der Waals surface area contributed by atoms with Crippen LogP contribution in [0.2, 0.25) is 0 Å². The number of hydrogen-bond acceptors (Lipinski definition) is 5. The number of allylic oxidation sites excluding steroid dienone is 11. The number of hydrogen-bond donors (Lipinski definition) is 0. The molecule has 1 saturated carbocycles. The van der Waals surface area contributed by atoms with Crippen LogP contribution in [0.5, 0.6) is 0 Å². The molecular formula is C36H54O5. The van der Waals surface area contributed by atoms with Crippen LogP contribution < -0.4 is 0 Å². The molecule has 3 rings (SSSR count). The number of carbonyl (C=O) groups is 1. The predicted octanol–water partition coefficient (Wildman–Crippen LogP) is 8.53. The highest BCUT2D eigenvalue weighted by molar-refractivity contribution is 5.69. The van der Waals surface area contributed by atoms with Gasteiger partial charge in [0.1, 0.15) is 23.4 Å². The third-order valence-corrected chi connectivity index (χ3v) is 8.48. The summed E-state index contributed by atoms with van der Waals surface area (Å²) in [5, 5.41) is 0. The minimum atomic E-state index is -0.314. The van der Waals surface area contributed by atoms with E-state index in [0.29, 0.717) is 6.42 Å². The summed E-state index contributed by atoms with van der Waals surface area (Å²) in [6, 6.07) is 0. The lowest BCUT2D eigenvalue weighted by Gasteiger charge is -2.42. The molecule has 6 atom stereocenters. The quantitative estimate of drug-likeness (QED) is 0.0547. The molecule has 2 saturated heterocycles. The van der Waals surface area contributed by atoms with Crippen LogP contribution >= 0.6 is 0 Å². The molecule has 1 aliphatic carbocycles. The first-order valence-corrected chi connectivity index (χ1v) is 15.8. The third-order valence-electron chi connectivity index (χ3n) is 8.48. The van der Waals surface area contributed by atoms with E-state index >= 15 is 0 Å². The zero-order valence-electron chi connectivity index (χ0n) is 26.2. The largest absolute Gasteiger partial charge is 0.460 e. The Morgan fingerprint density at radius 1 is 0.927 bits per heavy atom. The Kier molecular flexibility index (Phi) is 13.8. The SMILES string of the molecule is CCCCC=CC=CC=CCCC=CC=CCCCC(=O)O[C@@H]1CC[C@]2(CO2)[C@@H]([C@@]2(C)O[C@@H]2CC=C(C)C)[C@@H]1OC. The summed E-state index contributed by atoms with van der Waals surface area (Å²) in [6.45, 7) is 9.34. The summed E-state index contributed by atoms with van der Waals surface area (Å²) < 4.78 is 24.2. The summed E-state index contributed by atoms with van der Waals surface area (Å²) in [6.07, 6.45) is 33.4. The molecule has 5 heteroatoms. The molecule has 0 radical (unpaired) electrons. The van der Waals surface area contributed by atoms with E-state index in [1.807, 2.05) is 0 Å². The number of carbonyl (C=O) groups excluding carboxylic acids is 1. The highest BCUT2D eigenvalue weighted by atomic mass is 16.6. The minimum Gasteiger partial charge on any atom is -0.460 e. The summed E-state index contributed by atoms with van der Waals surface area (Å²) in [4.78, 5) is 12.7.